The summed E-state index contributed by atoms with van der Waals surface area (Å²) in [5, 5.41) is 2.82. The molecule has 1 fully saturated rings. The molecule has 1 aliphatic carbocycles. The first-order valence-electron chi connectivity index (χ1n) is 5.47. The summed E-state index contributed by atoms with van der Waals surface area (Å²) in [4.78, 5) is 0. The van der Waals surface area contributed by atoms with Crippen molar-refractivity contribution in [2.24, 2.45) is 0 Å². The second kappa shape index (κ2) is 4.37. The topological polar surface area (TPSA) is 38.0 Å². The summed E-state index contributed by atoms with van der Waals surface area (Å²) in [6.45, 7) is 0.401. The number of hydrogen-bond acceptors (Lipinski definition) is 2. The van der Waals surface area contributed by atoms with Gasteiger partial charge in [0.1, 0.15) is 0 Å². The number of nitrogen functional groups attached to an aromatic ring is 1. The second-order valence-corrected chi connectivity index (χ2v) is 4.42. The molecule has 1 aromatic rings. The van der Waals surface area contributed by atoms with Crippen molar-refractivity contribution in [1.82, 2.24) is 5.32 Å². The molecule has 88 valence electrons. The fraction of sp³-hybridized carbons (Fsp3) is 0.500. The standard InChI is InChI=1S/C12H16F2N2/c13-11(14)7-16-8-12(5-6-12)9-1-3-10(15)4-2-9/h1-4,11,16H,5-8,15H2. The molecule has 1 aliphatic rings. The maximum atomic E-state index is 12.0. The fourth-order valence-electron chi connectivity index (χ4n) is 1.98. The van der Waals surface area contributed by atoms with Crippen molar-refractivity contribution >= 4 is 5.69 Å². The Morgan fingerprint density at radius 3 is 2.38 bits per heavy atom. The molecule has 2 rings (SSSR count). The molecule has 2 nitrogen and oxygen atoms in total. The van der Waals surface area contributed by atoms with Gasteiger partial charge in [-0.2, -0.15) is 0 Å². The minimum Gasteiger partial charge on any atom is -0.399 e. The van der Waals surface area contributed by atoms with Gasteiger partial charge in [-0.25, -0.2) is 8.78 Å². The summed E-state index contributed by atoms with van der Waals surface area (Å²) in [6.07, 6.45) is -0.150. The monoisotopic (exact) mass is 226 g/mol. The summed E-state index contributed by atoms with van der Waals surface area (Å²) in [6, 6.07) is 7.71. The lowest BCUT2D eigenvalue weighted by Crippen LogP contribution is -2.30. The molecule has 0 bridgehead atoms. The van der Waals surface area contributed by atoms with Gasteiger partial charge in [-0.1, -0.05) is 12.1 Å². The zero-order chi connectivity index (χ0) is 11.6. The molecule has 0 saturated heterocycles. The first-order valence-corrected chi connectivity index (χ1v) is 5.47. The van der Waals surface area contributed by atoms with Gasteiger partial charge in [-0.05, 0) is 30.5 Å². The molecule has 4 heteroatoms. The largest absolute Gasteiger partial charge is 0.399 e. The van der Waals surface area contributed by atoms with E-state index in [-0.39, 0.29) is 12.0 Å². The van der Waals surface area contributed by atoms with Gasteiger partial charge in [0.05, 0.1) is 6.54 Å². The van der Waals surface area contributed by atoms with Crippen LogP contribution in [0.4, 0.5) is 14.5 Å². The maximum Gasteiger partial charge on any atom is 0.250 e. The molecule has 0 spiro atoms. The van der Waals surface area contributed by atoms with E-state index in [2.05, 4.69) is 5.32 Å². The molecule has 3 N–H and O–H groups in total. The molecule has 0 radical (unpaired) electrons. The molecule has 0 amide bonds. The Kier molecular flexibility index (Phi) is 3.10. The normalized spacial score (nSPS) is 17.7. The van der Waals surface area contributed by atoms with Gasteiger partial charge in [0, 0.05) is 17.6 Å². The van der Waals surface area contributed by atoms with E-state index >= 15 is 0 Å². The van der Waals surface area contributed by atoms with Crippen molar-refractivity contribution in [3.8, 4) is 0 Å². The summed E-state index contributed by atoms with van der Waals surface area (Å²) in [5.41, 5.74) is 7.62. The first-order chi connectivity index (χ1) is 7.62. The van der Waals surface area contributed by atoms with Gasteiger partial charge >= 0.3 is 0 Å². The predicted molar refractivity (Wildman–Crippen MR) is 60.6 cm³/mol. The lowest BCUT2D eigenvalue weighted by atomic mass is 9.96. The van der Waals surface area contributed by atoms with E-state index in [0.717, 1.165) is 18.5 Å². The molecule has 16 heavy (non-hydrogen) atoms. The summed E-state index contributed by atoms with van der Waals surface area (Å²) in [5.74, 6) is 0. The van der Waals surface area contributed by atoms with E-state index in [9.17, 15) is 8.78 Å². The minimum absolute atomic E-state index is 0.0720. The van der Waals surface area contributed by atoms with Crippen molar-refractivity contribution in [1.29, 1.82) is 0 Å². The van der Waals surface area contributed by atoms with Crippen molar-refractivity contribution in [2.45, 2.75) is 24.7 Å². The van der Waals surface area contributed by atoms with Crippen LogP contribution < -0.4 is 11.1 Å². The first kappa shape index (κ1) is 11.3. The van der Waals surface area contributed by atoms with Crippen molar-refractivity contribution < 1.29 is 8.78 Å². The van der Waals surface area contributed by atoms with Crippen LogP contribution >= 0.6 is 0 Å². The molecule has 0 unspecified atom stereocenters. The number of benzene rings is 1. The average Bonchev–Trinajstić information content (AvgIpc) is 2.99. The van der Waals surface area contributed by atoms with E-state index in [1.807, 2.05) is 24.3 Å². The maximum absolute atomic E-state index is 12.0. The number of hydrogen-bond donors (Lipinski definition) is 2. The van der Waals surface area contributed by atoms with Crippen LogP contribution in [0.15, 0.2) is 24.3 Å². The van der Waals surface area contributed by atoms with Crippen LogP contribution in [0.2, 0.25) is 0 Å². The quantitative estimate of drug-likeness (QED) is 0.755. The van der Waals surface area contributed by atoms with E-state index in [4.69, 9.17) is 5.73 Å². The molecule has 0 aromatic heterocycles. The van der Waals surface area contributed by atoms with Crippen molar-refractivity contribution in [3.63, 3.8) is 0 Å². The number of nitrogens with two attached hydrogens (primary N) is 1. The third kappa shape index (κ3) is 2.50. The highest BCUT2D eigenvalue weighted by Crippen LogP contribution is 2.47. The third-order valence-electron chi connectivity index (χ3n) is 3.14. The number of nitrogens with one attached hydrogen (secondary N) is 1. The Hall–Kier alpha value is -1.16. The molecular formula is C12H16F2N2. The van der Waals surface area contributed by atoms with Gasteiger partial charge in [0.15, 0.2) is 0 Å². The summed E-state index contributed by atoms with van der Waals surface area (Å²) < 4.78 is 24.0. The highest BCUT2D eigenvalue weighted by molar-refractivity contribution is 5.43. The lowest BCUT2D eigenvalue weighted by Gasteiger charge is -2.16. The Labute approximate surface area is 93.8 Å². The average molecular weight is 226 g/mol. The van der Waals surface area contributed by atoms with E-state index in [0.29, 0.717) is 6.54 Å². The fourth-order valence-corrected chi connectivity index (χ4v) is 1.98. The van der Waals surface area contributed by atoms with E-state index in [1.54, 1.807) is 0 Å². The van der Waals surface area contributed by atoms with Gasteiger partial charge < -0.3 is 11.1 Å². The summed E-state index contributed by atoms with van der Waals surface area (Å²) in [7, 11) is 0. The van der Waals surface area contributed by atoms with Crippen molar-refractivity contribution in [3.05, 3.63) is 29.8 Å². The van der Waals surface area contributed by atoms with Crippen LogP contribution in [0.3, 0.4) is 0 Å². The molecular weight excluding hydrogens is 210 g/mol. The molecule has 0 heterocycles. The predicted octanol–water partition coefficient (Wildman–Crippen LogP) is 2.16. The van der Waals surface area contributed by atoms with Crippen LogP contribution in [-0.2, 0) is 5.41 Å². The van der Waals surface area contributed by atoms with E-state index in [1.165, 1.54) is 5.56 Å². The highest BCUT2D eigenvalue weighted by atomic mass is 19.3. The van der Waals surface area contributed by atoms with Crippen LogP contribution in [0.1, 0.15) is 18.4 Å². The Morgan fingerprint density at radius 2 is 1.88 bits per heavy atom. The van der Waals surface area contributed by atoms with Crippen LogP contribution in [-0.4, -0.2) is 19.5 Å². The summed E-state index contributed by atoms with van der Waals surface area (Å²) >= 11 is 0. The molecule has 0 atom stereocenters. The SMILES string of the molecule is Nc1ccc(C2(CNCC(F)F)CC2)cc1. The van der Waals surface area contributed by atoms with Gasteiger partial charge in [-0.15, -0.1) is 0 Å². The van der Waals surface area contributed by atoms with Gasteiger partial charge in [0.2, 0.25) is 0 Å². The second-order valence-electron chi connectivity index (χ2n) is 4.42. The zero-order valence-electron chi connectivity index (χ0n) is 9.05. The zero-order valence-corrected chi connectivity index (χ0v) is 9.05. The van der Waals surface area contributed by atoms with Crippen LogP contribution in [0.5, 0.6) is 0 Å². The number of rotatable bonds is 5. The molecule has 1 saturated carbocycles. The smallest absolute Gasteiger partial charge is 0.250 e. The van der Waals surface area contributed by atoms with E-state index < -0.39 is 6.43 Å². The number of halogens is 2. The Bertz CT molecular complexity index is 345. The minimum atomic E-state index is -2.28. The number of anilines is 1. The highest BCUT2D eigenvalue weighted by Gasteiger charge is 2.43. The molecule has 1 aromatic carbocycles. The Morgan fingerprint density at radius 1 is 1.25 bits per heavy atom. The van der Waals surface area contributed by atoms with Crippen LogP contribution in [0.25, 0.3) is 0 Å². The number of alkyl halides is 2. The molecule has 0 aliphatic heterocycles. The van der Waals surface area contributed by atoms with Gasteiger partial charge in [0.25, 0.3) is 6.43 Å². The Balaban J connectivity index is 1.95. The van der Waals surface area contributed by atoms with Crippen molar-refractivity contribution in [2.75, 3.05) is 18.8 Å². The van der Waals surface area contributed by atoms with Crippen LogP contribution in [0, 0.1) is 0 Å². The van der Waals surface area contributed by atoms with Gasteiger partial charge in [-0.3, -0.25) is 0 Å². The lowest BCUT2D eigenvalue weighted by molar-refractivity contribution is 0.145. The third-order valence-corrected chi connectivity index (χ3v) is 3.14.